The molecule has 0 heterocycles. The second kappa shape index (κ2) is 4.92. The molecule has 0 aliphatic heterocycles. The zero-order valence-electron chi connectivity index (χ0n) is 10.3. The Morgan fingerprint density at radius 3 is 2.38 bits per heavy atom. The summed E-state index contributed by atoms with van der Waals surface area (Å²) < 4.78 is 5.57. The van der Waals surface area contributed by atoms with Crippen LogP contribution in [0.25, 0.3) is 0 Å². The number of aliphatic imine (C=N–C) groups is 2. The number of benzene rings is 1. The standard InChI is InChI=1S/C13H18N2O/c1-10-8-6-7-9-11(10)15-12(14-5)16-13(2,3)4/h6-9H,5H2,1-4H3. The van der Waals surface area contributed by atoms with E-state index in [1.54, 1.807) is 0 Å². The number of para-hydroxylation sites is 1. The van der Waals surface area contributed by atoms with E-state index in [4.69, 9.17) is 4.74 Å². The summed E-state index contributed by atoms with van der Waals surface area (Å²) >= 11 is 0. The maximum absolute atomic E-state index is 5.57. The third kappa shape index (κ3) is 3.85. The molecule has 0 amide bonds. The molecule has 3 nitrogen and oxygen atoms in total. The van der Waals surface area contributed by atoms with E-state index in [1.165, 1.54) is 0 Å². The van der Waals surface area contributed by atoms with Crippen LogP contribution in [-0.2, 0) is 4.74 Å². The maximum Gasteiger partial charge on any atom is 0.316 e. The van der Waals surface area contributed by atoms with Gasteiger partial charge in [0.2, 0.25) is 0 Å². The van der Waals surface area contributed by atoms with Gasteiger partial charge >= 0.3 is 6.02 Å². The molecule has 16 heavy (non-hydrogen) atoms. The van der Waals surface area contributed by atoms with Crippen molar-refractivity contribution in [2.75, 3.05) is 0 Å². The van der Waals surface area contributed by atoms with E-state index in [0.29, 0.717) is 6.02 Å². The Morgan fingerprint density at radius 2 is 1.88 bits per heavy atom. The van der Waals surface area contributed by atoms with Crippen molar-refractivity contribution in [2.45, 2.75) is 33.3 Å². The predicted molar refractivity (Wildman–Crippen MR) is 68.7 cm³/mol. The van der Waals surface area contributed by atoms with E-state index in [1.807, 2.05) is 52.0 Å². The number of hydrogen-bond acceptors (Lipinski definition) is 2. The highest BCUT2D eigenvalue weighted by Crippen LogP contribution is 2.19. The molecule has 3 heteroatoms. The highest BCUT2D eigenvalue weighted by atomic mass is 16.5. The van der Waals surface area contributed by atoms with Crippen LogP contribution in [0, 0.1) is 6.92 Å². The minimum Gasteiger partial charge on any atom is -0.458 e. The first-order chi connectivity index (χ1) is 7.42. The van der Waals surface area contributed by atoms with Crippen LogP contribution in [0.3, 0.4) is 0 Å². The van der Waals surface area contributed by atoms with E-state index in [2.05, 4.69) is 16.7 Å². The van der Waals surface area contributed by atoms with Crippen molar-refractivity contribution < 1.29 is 4.74 Å². The molecule has 0 unspecified atom stereocenters. The Balaban J connectivity index is 2.97. The Labute approximate surface area is 96.9 Å². The van der Waals surface area contributed by atoms with Gasteiger partial charge in [-0.25, -0.2) is 4.99 Å². The molecule has 0 bridgehead atoms. The Kier molecular flexibility index (Phi) is 3.82. The monoisotopic (exact) mass is 218 g/mol. The molecule has 0 saturated carbocycles. The van der Waals surface area contributed by atoms with E-state index < -0.39 is 0 Å². The van der Waals surface area contributed by atoms with E-state index in [9.17, 15) is 0 Å². The molecule has 0 fully saturated rings. The zero-order valence-corrected chi connectivity index (χ0v) is 10.3. The van der Waals surface area contributed by atoms with Crippen molar-refractivity contribution in [1.82, 2.24) is 0 Å². The van der Waals surface area contributed by atoms with Gasteiger partial charge < -0.3 is 4.74 Å². The van der Waals surface area contributed by atoms with Gasteiger partial charge in [0, 0.05) is 0 Å². The van der Waals surface area contributed by atoms with Crippen molar-refractivity contribution in [3.8, 4) is 0 Å². The molecule has 86 valence electrons. The second-order valence-corrected chi connectivity index (χ2v) is 4.55. The summed E-state index contributed by atoms with van der Waals surface area (Å²) in [6.07, 6.45) is 0. The molecule has 0 saturated heterocycles. The summed E-state index contributed by atoms with van der Waals surface area (Å²) in [4.78, 5) is 8.11. The van der Waals surface area contributed by atoms with Crippen LogP contribution < -0.4 is 0 Å². The van der Waals surface area contributed by atoms with Crippen molar-refractivity contribution in [3.05, 3.63) is 29.8 Å². The summed E-state index contributed by atoms with van der Waals surface area (Å²) in [5.74, 6) is 0. The maximum atomic E-state index is 5.57. The van der Waals surface area contributed by atoms with Crippen LogP contribution in [0.15, 0.2) is 34.3 Å². The fourth-order valence-electron chi connectivity index (χ4n) is 1.16. The van der Waals surface area contributed by atoms with Gasteiger partial charge in [-0.15, -0.1) is 0 Å². The first kappa shape index (κ1) is 12.4. The Morgan fingerprint density at radius 1 is 1.25 bits per heavy atom. The van der Waals surface area contributed by atoms with E-state index >= 15 is 0 Å². The lowest BCUT2D eigenvalue weighted by molar-refractivity contribution is 0.114. The number of rotatable bonds is 1. The van der Waals surface area contributed by atoms with Gasteiger partial charge in [0.15, 0.2) is 0 Å². The molecule has 0 atom stereocenters. The lowest BCUT2D eigenvalue weighted by Crippen LogP contribution is -2.22. The lowest BCUT2D eigenvalue weighted by atomic mass is 10.2. The third-order valence-corrected chi connectivity index (χ3v) is 1.86. The molecular formula is C13H18N2O. The first-order valence-electron chi connectivity index (χ1n) is 5.22. The van der Waals surface area contributed by atoms with Crippen LogP contribution in [0.4, 0.5) is 5.69 Å². The molecule has 1 aromatic carbocycles. The summed E-state index contributed by atoms with van der Waals surface area (Å²) in [5.41, 5.74) is 1.62. The van der Waals surface area contributed by atoms with Gasteiger partial charge in [-0.05, 0) is 46.0 Å². The third-order valence-electron chi connectivity index (χ3n) is 1.86. The average molecular weight is 218 g/mol. The Hall–Kier alpha value is -1.64. The predicted octanol–water partition coefficient (Wildman–Crippen LogP) is 3.50. The van der Waals surface area contributed by atoms with Crippen molar-refractivity contribution >= 4 is 18.4 Å². The number of amidine groups is 1. The molecule has 0 aliphatic carbocycles. The summed E-state index contributed by atoms with van der Waals surface area (Å²) in [7, 11) is 0. The van der Waals surface area contributed by atoms with Gasteiger partial charge in [0.1, 0.15) is 5.60 Å². The lowest BCUT2D eigenvalue weighted by Gasteiger charge is -2.19. The molecule has 1 rings (SSSR count). The highest BCUT2D eigenvalue weighted by molar-refractivity contribution is 5.82. The molecular weight excluding hydrogens is 200 g/mol. The van der Waals surface area contributed by atoms with Crippen LogP contribution in [-0.4, -0.2) is 18.3 Å². The van der Waals surface area contributed by atoms with Gasteiger partial charge in [0.25, 0.3) is 0 Å². The zero-order chi connectivity index (χ0) is 12.2. The van der Waals surface area contributed by atoms with Gasteiger partial charge in [-0.1, -0.05) is 18.2 Å². The van der Waals surface area contributed by atoms with Crippen molar-refractivity contribution in [2.24, 2.45) is 9.98 Å². The number of ether oxygens (including phenoxy) is 1. The SMILES string of the molecule is C=NC(=Nc1ccccc1C)OC(C)(C)C. The minimum atomic E-state index is -0.317. The fraction of sp³-hybridized carbons (Fsp3) is 0.385. The topological polar surface area (TPSA) is 34.0 Å². The van der Waals surface area contributed by atoms with Crippen LogP contribution in [0.2, 0.25) is 0 Å². The van der Waals surface area contributed by atoms with Gasteiger partial charge in [-0.2, -0.15) is 4.99 Å². The number of aryl methyl sites for hydroxylation is 1. The summed E-state index contributed by atoms with van der Waals surface area (Å²) in [5, 5.41) is 0. The molecule has 0 radical (unpaired) electrons. The highest BCUT2D eigenvalue weighted by Gasteiger charge is 2.14. The Bertz CT molecular complexity index is 403. The van der Waals surface area contributed by atoms with Crippen LogP contribution in [0.1, 0.15) is 26.3 Å². The molecule has 0 aromatic heterocycles. The van der Waals surface area contributed by atoms with Gasteiger partial charge in [0.05, 0.1) is 5.69 Å². The summed E-state index contributed by atoms with van der Waals surface area (Å²) in [6, 6.07) is 8.13. The molecule has 1 aromatic rings. The number of nitrogens with zero attached hydrogens (tertiary/aromatic N) is 2. The van der Waals surface area contributed by atoms with Crippen LogP contribution >= 0.6 is 0 Å². The number of hydrogen-bond donors (Lipinski definition) is 0. The van der Waals surface area contributed by atoms with Crippen molar-refractivity contribution in [3.63, 3.8) is 0 Å². The molecule has 0 spiro atoms. The quantitative estimate of drug-likeness (QED) is 0.524. The second-order valence-electron chi connectivity index (χ2n) is 4.55. The molecule has 0 aliphatic rings. The first-order valence-corrected chi connectivity index (χ1v) is 5.22. The van der Waals surface area contributed by atoms with Gasteiger partial charge in [-0.3, -0.25) is 0 Å². The molecule has 0 N–H and O–H groups in total. The largest absolute Gasteiger partial charge is 0.458 e. The van der Waals surface area contributed by atoms with E-state index in [-0.39, 0.29) is 5.60 Å². The smallest absolute Gasteiger partial charge is 0.316 e. The van der Waals surface area contributed by atoms with E-state index in [0.717, 1.165) is 11.3 Å². The average Bonchev–Trinajstić information content (AvgIpc) is 2.18. The normalized spacial score (nSPS) is 12.4. The van der Waals surface area contributed by atoms with Crippen LogP contribution in [0.5, 0.6) is 0 Å². The fourth-order valence-corrected chi connectivity index (χ4v) is 1.16. The summed E-state index contributed by atoms with van der Waals surface area (Å²) in [6.45, 7) is 11.3. The minimum absolute atomic E-state index is 0.307. The van der Waals surface area contributed by atoms with Crippen molar-refractivity contribution in [1.29, 1.82) is 0 Å².